The molecule has 1 N–H and O–H groups in total. The molecule has 4 heteroatoms. The third-order valence-corrected chi connectivity index (χ3v) is 7.09. The normalized spacial score (nSPS) is 17.4. The van der Waals surface area contributed by atoms with Crippen LogP contribution < -0.4 is 5.46 Å². The second kappa shape index (κ2) is 12.9. The molecule has 1 aromatic rings. The van der Waals surface area contributed by atoms with Gasteiger partial charge in [-0.3, -0.25) is 0 Å². The first-order valence-electron chi connectivity index (χ1n) is 12.9. The maximum atomic E-state index is 10.2. The average molecular weight is 430 g/mol. The molecule has 2 rings (SSSR count). The van der Waals surface area contributed by atoms with Crippen molar-refractivity contribution in [2.24, 2.45) is 0 Å². The van der Waals surface area contributed by atoms with Crippen LogP contribution in [-0.2, 0) is 15.7 Å². The zero-order valence-corrected chi connectivity index (χ0v) is 21.0. The fraction of sp³-hybridized carbons (Fsp3) is 0.778. The van der Waals surface area contributed by atoms with Crippen molar-refractivity contribution in [1.29, 1.82) is 0 Å². The number of rotatable bonds is 15. The largest absolute Gasteiger partial charge is 0.508 e. The number of phenols is 1. The van der Waals surface area contributed by atoms with Crippen molar-refractivity contribution < 1.29 is 14.4 Å². The molecule has 1 saturated heterocycles. The van der Waals surface area contributed by atoms with Crippen LogP contribution in [0.5, 0.6) is 5.75 Å². The van der Waals surface area contributed by atoms with E-state index >= 15 is 0 Å². The van der Waals surface area contributed by atoms with Gasteiger partial charge in [0.2, 0.25) is 0 Å². The minimum absolute atomic E-state index is 0.303. The van der Waals surface area contributed by atoms with Crippen LogP contribution in [0.15, 0.2) is 18.2 Å². The first-order valence-corrected chi connectivity index (χ1v) is 12.9. The first kappa shape index (κ1) is 26.3. The lowest BCUT2D eigenvalue weighted by atomic mass is 9.78. The van der Waals surface area contributed by atoms with Crippen molar-refractivity contribution in [2.45, 2.75) is 136 Å². The molecular weight excluding hydrogens is 383 g/mol. The van der Waals surface area contributed by atoms with Gasteiger partial charge in [-0.05, 0) is 63.7 Å². The SMILES string of the molecule is CCCCCCCCCCCCCCCc1cc(O)cc(B2OC(C)(C)C(C)(C)O2)c1. The Labute approximate surface area is 192 Å². The van der Waals surface area contributed by atoms with Gasteiger partial charge in [0.25, 0.3) is 0 Å². The molecule has 0 aromatic heterocycles. The van der Waals surface area contributed by atoms with E-state index in [2.05, 4.69) is 40.7 Å². The molecule has 0 aliphatic carbocycles. The Morgan fingerprint density at radius 2 is 1.13 bits per heavy atom. The fourth-order valence-electron chi connectivity index (χ4n) is 4.31. The smallest absolute Gasteiger partial charge is 0.494 e. The molecule has 1 aromatic carbocycles. The second-order valence-electron chi connectivity index (χ2n) is 10.5. The van der Waals surface area contributed by atoms with Gasteiger partial charge in [-0.25, -0.2) is 0 Å². The summed E-state index contributed by atoms with van der Waals surface area (Å²) in [6.07, 6.45) is 18.8. The van der Waals surface area contributed by atoms with Crippen molar-refractivity contribution >= 4 is 12.6 Å². The van der Waals surface area contributed by atoms with Crippen molar-refractivity contribution in [1.82, 2.24) is 0 Å². The molecule has 1 fully saturated rings. The Morgan fingerprint density at radius 3 is 1.61 bits per heavy atom. The van der Waals surface area contributed by atoms with Gasteiger partial charge in [-0.15, -0.1) is 0 Å². The van der Waals surface area contributed by atoms with Gasteiger partial charge in [-0.1, -0.05) is 90.0 Å². The van der Waals surface area contributed by atoms with E-state index in [1.165, 1.54) is 89.0 Å². The van der Waals surface area contributed by atoms with Crippen LogP contribution in [0, 0.1) is 0 Å². The van der Waals surface area contributed by atoms with E-state index < -0.39 is 7.12 Å². The standard InChI is InChI=1S/C27H47BO3/c1-6-7-8-9-10-11-12-13-14-15-16-17-18-19-23-20-24(22-25(29)21-23)28-30-26(2,3)27(4,5)31-28/h20-22,29H,6-19H2,1-5H3. The van der Waals surface area contributed by atoms with Crippen molar-refractivity contribution in [3.05, 3.63) is 23.8 Å². The molecule has 176 valence electrons. The monoisotopic (exact) mass is 430 g/mol. The molecular formula is C27H47BO3. The highest BCUT2D eigenvalue weighted by atomic mass is 16.7. The quantitative estimate of drug-likeness (QED) is 0.234. The van der Waals surface area contributed by atoms with E-state index in [-0.39, 0.29) is 11.2 Å². The molecule has 0 atom stereocenters. The van der Waals surface area contributed by atoms with E-state index in [0.29, 0.717) is 5.75 Å². The average Bonchev–Trinajstić information content (AvgIpc) is 2.92. The van der Waals surface area contributed by atoms with Crippen molar-refractivity contribution in [2.75, 3.05) is 0 Å². The maximum Gasteiger partial charge on any atom is 0.494 e. The summed E-state index contributed by atoms with van der Waals surface area (Å²) in [5.41, 5.74) is 1.37. The molecule has 0 amide bonds. The Hall–Kier alpha value is -0.995. The molecule has 1 aliphatic heterocycles. The van der Waals surface area contributed by atoms with Gasteiger partial charge in [0.05, 0.1) is 11.2 Å². The Bertz CT molecular complexity index is 625. The summed E-state index contributed by atoms with van der Waals surface area (Å²) in [7, 11) is -0.414. The Morgan fingerprint density at radius 1 is 0.677 bits per heavy atom. The van der Waals surface area contributed by atoms with Crippen molar-refractivity contribution in [3.63, 3.8) is 0 Å². The van der Waals surface area contributed by atoms with Crippen LogP contribution in [0.4, 0.5) is 0 Å². The summed E-state index contributed by atoms with van der Waals surface area (Å²) in [6.45, 7) is 10.5. The molecule has 1 heterocycles. The summed E-state index contributed by atoms with van der Waals surface area (Å²) >= 11 is 0. The third kappa shape index (κ3) is 8.81. The number of benzene rings is 1. The molecule has 0 spiro atoms. The zero-order chi connectivity index (χ0) is 22.7. The van der Waals surface area contributed by atoms with Crippen LogP contribution in [0.1, 0.15) is 124 Å². The number of unbranched alkanes of at least 4 members (excludes halogenated alkanes) is 12. The van der Waals surface area contributed by atoms with Gasteiger partial charge in [0, 0.05) is 0 Å². The lowest BCUT2D eigenvalue weighted by Crippen LogP contribution is -2.41. The number of aromatic hydroxyl groups is 1. The predicted molar refractivity (Wildman–Crippen MR) is 133 cm³/mol. The number of hydrogen-bond acceptors (Lipinski definition) is 3. The summed E-state index contributed by atoms with van der Waals surface area (Å²) < 4.78 is 12.3. The van der Waals surface area contributed by atoms with E-state index in [9.17, 15) is 5.11 Å². The van der Waals surface area contributed by atoms with Gasteiger partial charge in [0.15, 0.2) is 0 Å². The summed E-state index contributed by atoms with van der Waals surface area (Å²) in [6, 6.07) is 5.80. The lowest BCUT2D eigenvalue weighted by molar-refractivity contribution is 0.00578. The Balaban J connectivity index is 1.61. The summed E-state index contributed by atoms with van der Waals surface area (Å²) in [5.74, 6) is 0.303. The minimum atomic E-state index is -0.414. The lowest BCUT2D eigenvalue weighted by Gasteiger charge is -2.32. The molecule has 3 nitrogen and oxygen atoms in total. The van der Waals surface area contributed by atoms with Gasteiger partial charge in [0.1, 0.15) is 5.75 Å². The topological polar surface area (TPSA) is 38.7 Å². The van der Waals surface area contributed by atoms with Crippen LogP contribution in [0.25, 0.3) is 0 Å². The van der Waals surface area contributed by atoms with Crippen LogP contribution in [-0.4, -0.2) is 23.4 Å². The van der Waals surface area contributed by atoms with Gasteiger partial charge >= 0.3 is 7.12 Å². The maximum absolute atomic E-state index is 10.2. The predicted octanol–water partition coefficient (Wildman–Crippen LogP) is 7.33. The zero-order valence-electron chi connectivity index (χ0n) is 21.0. The van der Waals surface area contributed by atoms with Crippen LogP contribution in [0.2, 0.25) is 0 Å². The summed E-state index contributed by atoms with van der Waals surface area (Å²) in [5, 5.41) is 10.2. The molecule has 0 radical (unpaired) electrons. The van der Waals surface area contributed by atoms with Gasteiger partial charge in [-0.2, -0.15) is 0 Å². The highest BCUT2D eigenvalue weighted by Gasteiger charge is 2.51. The van der Waals surface area contributed by atoms with E-state index in [1.807, 2.05) is 6.07 Å². The third-order valence-electron chi connectivity index (χ3n) is 7.09. The van der Waals surface area contributed by atoms with Crippen molar-refractivity contribution in [3.8, 4) is 5.75 Å². The number of aryl methyl sites for hydroxylation is 1. The fourth-order valence-corrected chi connectivity index (χ4v) is 4.31. The van der Waals surface area contributed by atoms with E-state index in [4.69, 9.17) is 9.31 Å². The first-order chi connectivity index (χ1) is 14.7. The van der Waals surface area contributed by atoms with Gasteiger partial charge < -0.3 is 14.4 Å². The van der Waals surface area contributed by atoms with E-state index in [1.54, 1.807) is 6.07 Å². The molecule has 1 aliphatic rings. The molecule has 0 bridgehead atoms. The van der Waals surface area contributed by atoms with Crippen LogP contribution in [0.3, 0.4) is 0 Å². The Kier molecular flexibility index (Phi) is 10.9. The van der Waals surface area contributed by atoms with E-state index in [0.717, 1.165) is 11.9 Å². The molecule has 0 unspecified atom stereocenters. The van der Waals surface area contributed by atoms with Crippen LogP contribution >= 0.6 is 0 Å². The number of phenolic OH excluding ortho intramolecular Hbond substituents is 1. The second-order valence-corrected chi connectivity index (χ2v) is 10.5. The molecule has 31 heavy (non-hydrogen) atoms. The summed E-state index contributed by atoms with van der Waals surface area (Å²) in [4.78, 5) is 0. The highest BCUT2D eigenvalue weighted by Crippen LogP contribution is 2.36. The minimum Gasteiger partial charge on any atom is -0.508 e. The molecule has 0 saturated carbocycles. The number of hydrogen-bond donors (Lipinski definition) is 1. The highest BCUT2D eigenvalue weighted by molar-refractivity contribution is 6.62.